The van der Waals surface area contributed by atoms with Crippen LogP contribution >= 0.6 is 0 Å². The zero-order chi connectivity index (χ0) is 19.3. The van der Waals surface area contributed by atoms with Crippen LogP contribution in [0.25, 0.3) is 0 Å². The lowest BCUT2D eigenvalue weighted by molar-refractivity contribution is 0.294. The van der Waals surface area contributed by atoms with Crippen molar-refractivity contribution in [3.05, 3.63) is 87.9 Å². The standard InChI is InChI=1S/C23H21N3O2/c1-17-12-21(28-16-22-24-10-3-11-25-22)14-23(27)26(17)15-20-5-2-4-19(13-20)9-8-18-6-7-18/h2-5,10-14,18H,6-7,15-16H2,1H3. The minimum atomic E-state index is -0.0987. The van der Waals surface area contributed by atoms with Gasteiger partial charge in [0.25, 0.3) is 5.56 Å². The molecule has 2 heterocycles. The molecule has 1 fully saturated rings. The van der Waals surface area contributed by atoms with Crippen molar-refractivity contribution in [1.29, 1.82) is 0 Å². The van der Waals surface area contributed by atoms with E-state index in [4.69, 9.17) is 4.74 Å². The molecule has 140 valence electrons. The molecular formula is C23H21N3O2. The predicted octanol–water partition coefficient (Wildman–Crippen LogP) is 3.34. The number of pyridine rings is 1. The Morgan fingerprint density at radius 3 is 2.71 bits per heavy atom. The monoisotopic (exact) mass is 371 g/mol. The van der Waals surface area contributed by atoms with Crippen LogP contribution in [0, 0.1) is 24.7 Å². The van der Waals surface area contributed by atoms with Crippen molar-refractivity contribution >= 4 is 0 Å². The fourth-order valence-electron chi connectivity index (χ4n) is 2.88. The van der Waals surface area contributed by atoms with E-state index in [9.17, 15) is 4.79 Å². The van der Waals surface area contributed by atoms with Crippen LogP contribution in [0.3, 0.4) is 0 Å². The van der Waals surface area contributed by atoms with Crippen molar-refractivity contribution in [2.24, 2.45) is 5.92 Å². The zero-order valence-electron chi connectivity index (χ0n) is 15.8. The summed E-state index contributed by atoms with van der Waals surface area (Å²) in [4.78, 5) is 20.8. The summed E-state index contributed by atoms with van der Waals surface area (Å²) in [5.41, 5.74) is 2.79. The highest BCUT2D eigenvalue weighted by atomic mass is 16.5. The molecule has 0 amide bonds. The second kappa shape index (κ2) is 8.10. The van der Waals surface area contributed by atoms with Crippen LogP contribution in [0.4, 0.5) is 0 Å². The fraction of sp³-hybridized carbons (Fsp3) is 0.261. The first-order valence-electron chi connectivity index (χ1n) is 9.38. The van der Waals surface area contributed by atoms with E-state index in [1.54, 1.807) is 23.0 Å². The molecule has 0 atom stereocenters. The number of aryl methyl sites for hydroxylation is 1. The molecule has 28 heavy (non-hydrogen) atoms. The molecule has 1 saturated carbocycles. The maximum absolute atomic E-state index is 12.6. The first kappa shape index (κ1) is 18.0. The molecule has 0 radical (unpaired) electrons. The molecule has 2 aromatic heterocycles. The molecule has 0 unspecified atom stereocenters. The maximum Gasteiger partial charge on any atom is 0.254 e. The number of hydrogen-bond acceptors (Lipinski definition) is 4. The molecule has 0 aliphatic heterocycles. The van der Waals surface area contributed by atoms with Crippen molar-refractivity contribution in [2.75, 3.05) is 0 Å². The second-order valence-electron chi connectivity index (χ2n) is 6.95. The van der Waals surface area contributed by atoms with E-state index in [0.29, 0.717) is 24.0 Å². The Labute approximate surface area is 164 Å². The molecule has 0 N–H and O–H groups in total. The van der Waals surface area contributed by atoms with E-state index in [-0.39, 0.29) is 12.2 Å². The Bertz CT molecular complexity index is 1090. The third-order valence-corrected chi connectivity index (χ3v) is 4.56. The Balaban J connectivity index is 1.48. The molecular weight excluding hydrogens is 350 g/mol. The number of nitrogens with zero attached hydrogens (tertiary/aromatic N) is 3. The van der Waals surface area contributed by atoms with Gasteiger partial charge in [-0.1, -0.05) is 24.0 Å². The molecule has 5 heteroatoms. The minimum absolute atomic E-state index is 0.0987. The third kappa shape index (κ3) is 4.66. The van der Waals surface area contributed by atoms with Gasteiger partial charge in [-0.2, -0.15) is 0 Å². The molecule has 3 aromatic rings. The van der Waals surface area contributed by atoms with Gasteiger partial charge in [0.1, 0.15) is 12.4 Å². The van der Waals surface area contributed by atoms with E-state index in [1.165, 1.54) is 18.9 Å². The summed E-state index contributed by atoms with van der Waals surface area (Å²) in [7, 11) is 0. The summed E-state index contributed by atoms with van der Waals surface area (Å²) in [6.07, 6.45) is 5.76. The van der Waals surface area contributed by atoms with Gasteiger partial charge in [-0.05, 0) is 49.6 Å². The van der Waals surface area contributed by atoms with E-state index >= 15 is 0 Å². The van der Waals surface area contributed by atoms with Crippen LogP contribution < -0.4 is 10.3 Å². The van der Waals surface area contributed by atoms with Gasteiger partial charge in [-0.25, -0.2) is 9.97 Å². The number of rotatable bonds is 5. The molecule has 1 aromatic carbocycles. The van der Waals surface area contributed by atoms with Gasteiger partial charge in [0.05, 0.1) is 6.54 Å². The fourth-order valence-corrected chi connectivity index (χ4v) is 2.88. The van der Waals surface area contributed by atoms with Crippen LogP contribution in [0.15, 0.2) is 59.7 Å². The number of aromatic nitrogens is 3. The summed E-state index contributed by atoms with van der Waals surface area (Å²) < 4.78 is 7.42. The van der Waals surface area contributed by atoms with Gasteiger partial charge in [0.2, 0.25) is 0 Å². The molecule has 0 saturated heterocycles. The van der Waals surface area contributed by atoms with Crippen LogP contribution in [-0.2, 0) is 13.2 Å². The maximum atomic E-state index is 12.6. The highest BCUT2D eigenvalue weighted by Gasteiger charge is 2.17. The average Bonchev–Trinajstić information content (AvgIpc) is 3.53. The van der Waals surface area contributed by atoms with Crippen molar-refractivity contribution < 1.29 is 4.74 Å². The summed E-state index contributed by atoms with van der Waals surface area (Å²) in [6.45, 7) is 2.64. The zero-order valence-corrected chi connectivity index (χ0v) is 15.8. The Kier molecular flexibility index (Phi) is 5.20. The van der Waals surface area contributed by atoms with E-state index in [1.807, 2.05) is 31.2 Å². The molecule has 4 rings (SSSR count). The number of benzene rings is 1. The van der Waals surface area contributed by atoms with Crippen molar-refractivity contribution in [1.82, 2.24) is 14.5 Å². The topological polar surface area (TPSA) is 57.0 Å². The van der Waals surface area contributed by atoms with E-state index in [2.05, 4.69) is 27.9 Å². The van der Waals surface area contributed by atoms with Crippen molar-refractivity contribution in [3.8, 4) is 17.6 Å². The summed E-state index contributed by atoms with van der Waals surface area (Å²) in [5.74, 6) is 8.18. The van der Waals surface area contributed by atoms with Gasteiger partial charge >= 0.3 is 0 Å². The van der Waals surface area contributed by atoms with Crippen LogP contribution in [0.1, 0.15) is 35.5 Å². The summed E-state index contributed by atoms with van der Waals surface area (Å²) in [6, 6.07) is 13.2. The lowest BCUT2D eigenvalue weighted by Crippen LogP contribution is -2.22. The number of ether oxygens (including phenoxy) is 1. The van der Waals surface area contributed by atoms with Gasteiger partial charge < -0.3 is 9.30 Å². The van der Waals surface area contributed by atoms with Crippen LogP contribution in [-0.4, -0.2) is 14.5 Å². The normalized spacial score (nSPS) is 12.9. The molecule has 0 spiro atoms. The molecule has 0 bridgehead atoms. The van der Waals surface area contributed by atoms with E-state index in [0.717, 1.165) is 16.8 Å². The minimum Gasteiger partial charge on any atom is -0.485 e. The second-order valence-corrected chi connectivity index (χ2v) is 6.95. The van der Waals surface area contributed by atoms with Gasteiger partial charge in [0.15, 0.2) is 5.82 Å². The largest absolute Gasteiger partial charge is 0.485 e. The number of hydrogen-bond donors (Lipinski definition) is 0. The van der Waals surface area contributed by atoms with Crippen molar-refractivity contribution in [2.45, 2.75) is 32.9 Å². The Morgan fingerprint density at radius 2 is 1.96 bits per heavy atom. The highest BCUT2D eigenvalue weighted by molar-refractivity contribution is 5.38. The summed E-state index contributed by atoms with van der Waals surface area (Å²) >= 11 is 0. The average molecular weight is 371 g/mol. The van der Waals surface area contributed by atoms with Gasteiger partial charge in [-0.3, -0.25) is 4.79 Å². The third-order valence-electron chi connectivity index (χ3n) is 4.56. The molecule has 5 nitrogen and oxygen atoms in total. The summed E-state index contributed by atoms with van der Waals surface area (Å²) in [5, 5.41) is 0. The van der Waals surface area contributed by atoms with Crippen molar-refractivity contribution in [3.63, 3.8) is 0 Å². The quantitative estimate of drug-likeness (QED) is 0.646. The smallest absolute Gasteiger partial charge is 0.254 e. The molecule has 1 aliphatic carbocycles. The van der Waals surface area contributed by atoms with E-state index < -0.39 is 0 Å². The molecule has 1 aliphatic rings. The van der Waals surface area contributed by atoms with Gasteiger partial charge in [-0.15, -0.1) is 0 Å². The SMILES string of the molecule is Cc1cc(OCc2ncccn2)cc(=O)n1Cc1cccc(C#CC2CC2)c1. The predicted molar refractivity (Wildman–Crippen MR) is 107 cm³/mol. The van der Waals surface area contributed by atoms with Crippen LogP contribution in [0.5, 0.6) is 5.75 Å². The van der Waals surface area contributed by atoms with Gasteiger partial charge in [0, 0.05) is 35.6 Å². The lowest BCUT2D eigenvalue weighted by atomic mass is 10.1. The first-order chi connectivity index (χ1) is 13.7. The van der Waals surface area contributed by atoms with Crippen LogP contribution in [0.2, 0.25) is 0 Å². The Morgan fingerprint density at radius 1 is 1.14 bits per heavy atom. The lowest BCUT2D eigenvalue weighted by Gasteiger charge is -2.12. The Hall–Kier alpha value is -3.39. The first-order valence-corrected chi connectivity index (χ1v) is 9.38. The highest BCUT2D eigenvalue weighted by Crippen LogP contribution is 2.27.